The zero-order valence-corrected chi connectivity index (χ0v) is 14.3. The number of carbonyl (C=O) groups excluding carboxylic acids is 1. The van der Waals surface area contributed by atoms with E-state index in [1.807, 2.05) is 74.5 Å². The first kappa shape index (κ1) is 17.6. The van der Waals surface area contributed by atoms with Crippen LogP contribution in [0, 0.1) is 0 Å². The van der Waals surface area contributed by atoms with Gasteiger partial charge in [0, 0.05) is 11.3 Å². The van der Waals surface area contributed by atoms with Crippen LogP contribution in [0.4, 0.5) is 0 Å². The third-order valence-corrected chi connectivity index (χ3v) is 4.77. The van der Waals surface area contributed by atoms with Crippen molar-refractivity contribution in [1.29, 1.82) is 0 Å². The van der Waals surface area contributed by atoms with Crippen LogP contribution in [0.1, 0.15) is 19.4 Å². The zero-order chi connectivity index (χ0) is 16.7. The molecular weight excluding hydrogens is 306 g/mol. The third-order valence-electron chi connectivity index (χ3n) is 3.66. The monoisotopic (exact) mass is 329 g/mol. The van der Waals surface area contributed by atoms with Crippen LogP contribution in [0.3, 0.4) is 0 Å². The minimum Gasteiger partial charge on any atom is -0.391 e. The molecule has 3 atom stereocenters. The van der Waals surface area contributed by atoms with E-state index in [0.717, 1.165) is 10.5 Å². The van der Waals surface area contributed by atoms with Gasteiger partial charge in [0.15, 0.2) is 0 Å². The molecule has 0 radical (unpaired) electrons. The van der Waals surface area contributed by atoms with E-state index in [9.17, 15) is 9.90 Å². The number of rotatable bonds is 7. The highest BCUT2D eigenvalue weighted by Crippen LogP contribution is 2.22. The Hall–Kier alpha value is -1.78. The van der Waals surface area contributed by atoms with Crippen molar-refractivity contribution in [2.45, 2.75) is 42.6 Å². The van der Waals surface area contributed by atoms with E-state index < -0.39 is 6.10 Å². The lowest BCUT2D eigenvalue weighted by molar-refractivity contribution is -0.121. The standard InChI is InChI=1S/C19H23NO2S/c1-14(18(21)13-16-9-5-3-6-10-16)20-19(22)15(2)23-17-11-7-4-8-12-17/h3-12,14-15,18,21H,13H2,1-2H3,(H,20,22). The van der Waals surface area contributed by atoms with Crippen molar-refractivity contribution < 1.29 is 9.90 Å². The van der Waals surface area contributed by atoms with Gasteiger partial charge in [-0.1, -0.05) is 48.5 Å². The Morgan fingerprint density at radius 1 is 1.04 bits per heavy atom. The highest BCUT2D eigenvalue weighted by molar-refractivity contribution is 8.00. The average molecular weight is 329 g/mol. The predicted molar refractivity (Wildman–Crippen MR) is 95.5 cm³/mol. The Kier molecular flexibility index (Phi) is 6.68. The average Bonchev–Trinajstić information content (AvgIpc) is 2.56. The van der Waals surface area contributed by atoms with Crippen LogP contribution in [0.5, 0.6) is 0 Å². The molecular formula is C19H23NO2S. The van der Waals surface area contributed by atoms with Gasteiger partial charge in [-0.15, -0.1) is 11.8 Å². The van der Waals surface area contributed by atoms with Crippen molar-refractivity contribution in [3.63, 3.8) is 0 Å². The molecule has 0 bridgehead atoms. The molecule has 4 heteroatoms. The van der Waals surface area contributed by atoms with E-state index in [4.69, 9.17) is 0 Å². The van der Waals surface area contributed by atoms with Gasteiger partial charge >= 0.3 is 0 Å². The molecule has 2 rings (SSSR count). The number of hydrogen-bond donors (Lipinski definition) is 2. The van der Waals surface area contributed by atoms with Crippen LogP contribution in [0.15, 0.2) is 65.6 Å². The fraction of sp³-hybridized carbons (Fsp3) is 0.316. The quantitative estimate of drug-likeness (QED) is 0.767. The molecule has 0 aromatic heterocycles. The van der Waals surface area contributed by atoms with Crippen molar-refractivity contribution in [2.75, 3.05) is 0 Å². The first-order chi connectivity index (χ1) is 11.1. The first-order valence-electron chi connectivity index (χ1n) is 7.80. The Morgan fingerprint density at radius 2 is 1.61 bits per heavy atom. The molecule has 0 saturated heterocycles. The number of aliphatic hydroxyl groups excluding tert-OH is 1. The zero-order valence-electron chi connectivity index (χ0n) is 13.5. The first-order valence-corrected chi connectivity index (χ1v) is 8.68. The smallest absolute Gasteiger partial charge is 0.233 e. The van der Waals surface area contributed by atoms with E-state index in [0.29, 0.717) is 6.42 Å². The predicted octanol–water partition coefficient (Wildman–Crippen LogP) is 3.28. The SMILES string of the molecule is CC(Sc1ccccc1)C(=O)NC(C)C(O)Cc1ccccc1. The molecule has 0 spiro atoms. The summed E-state index contributed by atoms with van der Waals surface area (Å²) in [6.45, 7) is 3.72. The van der Waals surface area contributed by atoms with Gasteiger partial charge in [0.25, 0.3) is 0 Å². The number of thioether (sulfide) groups is 1. The summed E-state index contributed by atoms with van der Waals surface area (Å²) in [4.78, 5) is 13.3. The summed E-state index contributed by atoms with van der Waals surface area (Å²) in [6.07, 6.45) is -0.0713. The lowest BCUT2D eigenvalue weighted by atomic mass is 10.0. The second-order valence-electron chi connectivity index (χ2n) is 5.63. The van der Waals surface area contributed by atoms with Crippen molar-refractivity contribution >= 4 is 17.7 Å². The van der Waals surface area contributed by atoms with Gasteiger partial charge in [-0.3, -0.25) is 4.79 Å². The molecule has 1 amide bonds. The van der Waals surface area contributed by atoms with Gasteiger partial charge in [-0.05, 0) is 31.5 Å². The van der Waals surface area contributed by atoms with Crippen molar-refractivity contribution in [3.8, 4) is 0 Å². The van der Waals surface area contributed by atoms with Gasteiger partial charge in [0.1, 0.15) is 0 Å². The summed E-state index contributed by atoms with van der Waals surface area (Å²) >= 11 is 1.52. The molecule has 3 unspecified atom stereocenters. The molecule has 3 nitrogen and oxygen atoms in total. The number of aliphatic hydroxyl groups is 1. The number of benzene rings is 2. The number of nitrogens with one attached hydrogen (secondary N) is 1. The third kappa shape index (κ3) is 5.73. The molecule has 0 fully saturated rings. The summed E-state index contributed by atoms with van der Waals surface area (Å²) in [5.41, 5.74) is 1.06. The molecule has 122 valence electrons. The van der Waals surface area contributed by atoms with Crippen LogP contribution in [-0.4, -0.2) is 28.4 Å². The van der Waals surface area contributed by atoms with Gasteiger partial charge in [-0.2, -0.15) is 0 Å². The van der Waals surface area contributed by atoms with Crippen molar-refractivity contribution in [3.05, 3.63) is 66.2 Å². The van der Waals surface area contributed by atoms with E-state index in [-0.39, 0.29) is 17.2 Å². The van der Waals surface area contributed by atoms with Crippen LogP contribution in [0.2, 0.25) is 0 Å². The molecule has 2 N–H and O–H groups in total. The maximum absolute atomic E-state index is 12.3. The summed E-state index contributed by atoms with van der Waals surface area (Å²) in [5.74, 6) is -0.0570. The maximum Gasteiger partial charge on any atom is 0.233 e. The Balaban J connectivity index is 1.83. The molecule has 2 aromatic rings. The molecule has 0 saturated carbocycles. The van der Waals surface area contributed by atoms with Crippen LogP contribution >= 0.6 is 11.8 Å². The van der Waals surface area contributed by atoms with E-state index >= 15 is 0 Å². The minimum atomic E-state index is -0.602. The van der Waals surface area contributed by atoms with Gasteiger partial charge < -0.3 is 10.4 Å². The van der Waals surface area contributed by atoms with Crippen molar-refractivity contribution in [2.24, 2.45) is 0 Å². The van der Waals surface area contributed by atoms with Gasteiger partial charge in [-0.25, -0.2) is 0 Å². The van der Waals surface area contributed by atoms with E-state index in [1.54, 1.807) is 0 Å². The normalized spacial score (nSPS) is 14.7. The highest BCUT2D eigenvalue weighted by Gasteiger charge is 2.21. The highest BCUT2D eigenvalue weighted by atomic mass is 32.2. The summed E-state index contributed by atoms with van der Waals surface area (Å²) < 4.78 is 0. The minimum absolute atomic E-state index is 0.0570. The Bertz CT molecular complexity index is 603. The molecule has 0 aliphatic rings. The summed E-state index contributed by atoms with van der Waals surface area (Å²) in [5, 5.41) is 13.0. The number of carbonyl (C=O) groups is 1. The van der Waals surface area contributed by atoms with E-state index in [1.165, 1.54) is 11.8 Å². The maximum atomic E-state index is 12.3. The lowest BCUT2D eigenvalue weighted by Crippen LogP contribution is -2.44. The summed E-state index contributed by atoms with van der Waals surface area (Å²) in [6, 6.07) is 19.4. The number of amides is 1. The molecule has 23 heavy (non-hydrogen) atoms. The molecule has 0 heterocycles. The lowest BCUT2D eigenvalue weighted by Gasteiger charge is -2.22. The number of hydrogen-bond acceptors (Lipinski definition) is 3. The van der Waals surface area contributed by atoms with Gasteiger partial charge in [0.2, 0.25) is 5.91 Å². The molecule has 0 aliphatic carbocycles. The van der Waals surface area contributed by atoms with Crippen LogP contribution < -0.4 is 5.32 Å². The second-order valence-corrected chi connectivity index (χ2v) is 7.04. The van der Waals surface area contributed by atoms with Gasteiger partial charge in [0.05, 0.1) is 17.4 Å². The Labute approximate surface area is 142 Å². The van der Waals surface area contributed by atoms with Crippen LogP contribution in [-0.2, 0) is 11.2 Å². The van der Waals surface area contributed by atoms with Crippen LogP contribution in [0.25, 0.3) is 0 Å². The second kappa shape index (κ2) is 8.75. The summed E-state index contributed by atoms with van der Waals surface area (Å²) in [7, 11) is 0. The fourth-order valence-corrected chi connectivity index (χ4v) is 3.12. The van der Waals surface area contributed by atoms with Crippen molar-refractivity contribution in [1.82, 2.24) is 5.32 Å². The fourth-order valence-electron chi connectivity index (χ4n) is 2.23. The van der Waals surface area contributed by atoms with E-state index in [2.05, 4.69) is 5.32 Å². The Morgan fingerprint density at radius 3 is 2.22 bits per heavy atom. The topological polar surface area (TPSA) is 49.3 Å². The molecule has 2 aromatic carbocycles. The largest absolute Gasteiger partial charge is 0.391 e. The molecule has 0 aliphatic heterocycles.